The van der Waals surface area contributed by atoms with Crippen molar-refractivity contribution < 1.29 is 14.3 Å². The van der Waals surface area contributed by atoms with Gasteiger partial charge < -0.3 is 9.47 Å². The van der Waals surface area contributed by atoms with Crippen LogP contribution in [0.2, 0.25) is 0 Å². The Balaban J connectivity index is 1.43. The summed E-state index contributed by atoms with van der Waals surface area (Å²) in [7, 11) is 1.62. The third kappa shape index (κ3) is 4.47. The first-order valence-corrected chi connectivity index (χ1v) is 9.07. The van der Waals surface area contributed by atoms with Gasteiger partial charge in [-0.25, -0.2) is 9.97 Å². The fourth-order valence-corrected chi connectivity index (χ4v) is 2.78. The molecule has 0 saturated carbocycles. The number of ether oxygens (including phenoxy) is 2. The highest BCUT2D eigenvalue weighted by Gasteiger charge is 2.05. The van der Waals surface area contributed by atoms with Gasteiger partial charge in [0.15, 0.2) is 5.78 Å². The lowest BCUT2D eigenvalue weighted by molar-refractivity contribution is 0.104. The minimum atomic E-state index is -0.0853. The second-order valence-electron chi connectivity index (χ2n) is 6.29. The zero-order valence-electron chi connectivity index (χ0n) is 15.8. The molecular weight excluding hydrogens is 364 g/mol. The lowest BCUT2D eigenvalue weighted by atomic mass is 10.1. The number of benzene rings is 3. The smallest absolute Gasteiger partial charge is 0.238 e. The van der Waals surface area contributed by atoms with Crippen LogP contribution < -0.4 is 9.47 Å². The van der Waals surface area contributed by atoms with Gasteiger partial charge in [-0.2, -0.15) is 0 Å². The average Bonchev–Trinajstić information content (AvgIpc) is 2.78. The van der Waals surface area contributed by atoms with Gasteiger partial charge in [0.25, 0.3) is 0 Å². The zero-order valence-corrected chi connectivity index (χ0v) is 15.8. The summed E-state index contributed by atoms with van der Waals surface area (Å²) in [6.07, 6.45) is 4.91. The second-order valence-corrected chi connectivity index (χ2v) is 6.29. The molecule has 0 unspecified atom stereocenters. The van der Waals surface area contributed by atoms with Gasteiger partial charge >= 0.3 is 0 Å². The highest BCUT2D eigenvalue weighted by Crippen LogP contribution is 2.21. The summed E-state index contributed by atoms with van der Waals surface area (Å²) in [5.74, 6) is 1.69. The Labute approximate surface area is 168 Å². The summed E-state index contributed by atoms with van der Waals surface area (Å²) in [4.78, 5) is 21.1. The molecule has 3 aromatic carbocycles. The van der Waals surface area contributed by atoms with Gasteiger partial charge in [0.05, 0.1) is 24.3 Å². The Hall–Kier alpha value is -3.99. The molecule has 0 aliphatic carbocycles. The molecule has 142 valence electrons. The van der Waals surface area contributed by atoms with E-state index in [1.54, 1.807) is 49.7 Å². The first-order valence-electron chi connectivity index (χ1n) is 9.07. The third-order valence-electron chi connectivity index (χ3n) is 4.33. The maximum Gasteiger partial charge on any atom is 0.238 e. The minimum Gasteiger partial charge on any atom is -0.497 e. The number of para-hydroxylation sites is 2. The molecule has 0 saturated heterocycles. The number of aromatic nitrogens is 2. The van der Waals surface area contributed by atoms with Gasteiger partial charge in [-0.1, -0.05) is 30.3 Å². The molecule has 0 N–H and O–H groups in total. The molecule has 0 amide bonds. The van der Waals surface area contributed by atoms with Gasteiger partial charge in [-0.05, 0) is 60.2 Å². The summed E-state index contributed by atoms with van der Waals surface area (Å²) in [5.41, 5.74) is 3.07. The fourth-order valence-electron chi connectivity index (χ4n) is 2.78. The number of hydrogen-bond acceptors (Lipinski definition) is 5. The van der Waals surface area contributed by atoms with Crippen LogP contribution in [0.25, 0.3) is 17.1 Å². The van der Waals surface area contributed by atoms with Gasteiger partial charge in [0, 0.05) is 5.56 Å². The Morgan fingerprint density at radius 2 is 1.55 bits per heavy atom. The van der Waals surface area contributed by atoms with Gasteiger partial charge in [0.1, 0.15) is 11.5 Å². The van der Waals surface area contributed by atoms with E-state index in [2.05, 4.69) is 9.97 Å². The van der Waals surface area contributed by atoms with Crippen LogP contribution in [0.5, 0.6) is 17.4 Å². The summed E-state index contributed by atoms with van der Waals surface area (Å²) in [6, 6.07) is 22.0. The van der Waals surface area contributed by atoms with Crippen molar-refractivity contribution in [2.75, 3.05) is 7.11 Å². The molecule has 0 radical (unpaired) electrons. The Bertz CT molecular complexity index is 1170. The molecule has 0 atom stereocenters. The molecule has 0 bridgehead atoms. The largest absolute Gasteiger partial charge is 0.497 e. The molecule has 0 aliphatic heterocycles. The van der Waals surface area contributed by atoms with Crippen molar-refractivity contribution in [2.24, 2.45) is 0 Å². The highest BCUT2D eigenvalue weighted by atomic mass is 16.5. The summed E-state index contributed by atoms with van der Waals surface area (Å²) >= 11 is 0. The van der Waals surface area contributed by atoms with Crippen LogP contribution >= 0.6 is 0 Å². The first kappa shape index (κ1) is 18.4. The summed E-state index contributed by atoms with van der Waals surface area (Å²) in [5, 5.41) is 0. The quantitative estimate of drug-likeness (QED) is 0.333. The van der Waals surface area contributed by atoms with Gasteiger partial charge in [0.2, 0.25) is 5.88 Å². The normalized spacial score (nSPS) is 10.9. The van der Waals surface area contributed by atoms with E-state index in [9.17, 15) is 4.79 Å². The SMILES string of the molecule is COc1ccc(/C=C/C(=O)c2ccc(Oc3cnc4ccccc4n3)cc2)cc1. The summed E-state index contributed by atoms with van der Waals surface area (Å²) in [6.45, 7) is 0. The first-order chi connectivity index (χ1) is 14.2. The van der Waals surface area contributed by atoms with Crippen molar-refractivity contribution in [3.05, 3.63) is 96.2 Å². The molecule has 0 spiro atoms. The van der Waals surface area contributed by atoms with Crippen LogP contribution in [0.15, 0.2) is 85.1 Å². The molecular formula is C24H18N2O3. The lowest BCUT2D eigenvalue weighted by Crippen LogP contribution is -1.95. The minimum absolute atomic E-state index is 0.0853. The van der Waals surface area contributed by atoms with Crippen molar-refractivity contribution in [1.82, 2.24) is 9.97 Å². The molecule has 5 heteroatoms. The number of rotatable bonds is 6. The summed E-state index contributed by atoms with van der Waals surface area (Å²) < 4.78 is 10.9. The molecule has 0 aliphatic rings. The third-order valence-corrected chi connectivity index (χ3v) is 4.33. The number of ketones is 1. The van der Waals surface area contributed by atoms with Gasteiger partial charge in [-0.15, -0.1) is 0 Å². The number of fused-ring (bicyclic) bond motifs is 1. The molecule has 4 rings (SSSR count). The predicted octanol–water partition coefficient (Wildman–Crippen LogP) is 5.33. The van der Waals surface area contributed by atoms with E-state index in [0.29, 0.717) is 17.2 Å². The van der Waals surface area contributed by atoms with E-state index >= 15 is 0 Å². The van der Waals surface area contributed by atoms with Crippen LogP contribution in [-0.2, 0) is 0 Å². The molecule has 5 nitrogen and oxygen atoms in total. The number of carbonyl (C=O) groups excluding carboxylic acids is 1. The number of carbonyl (C=O) groups is 1. The maximum absolute atomic E-state index is 12.4. The van der Waals surface area contributed by atoms with Crippen molar-refractivity contribution in [2.45, 2.75) is 0 Å². The van der Waals surface area contributed by atoms with Crippen LogP contribution in [0, 0.1) is 0 Å². The number of allylic oxidation sites excluding steroid dienone is 1. The van der Waals surface area contributed by atoms with Crippen molar-refractivity contribution in [3.8, 4) is 17.4 Å². The lowest BCUT2D eigenvalue weighted by Gasteiger charge is -2.06. The van der Waals surface area contributed by atoms with Crippen molar-refractivity contribution >= 4 is 22.9 Å². The zero-order chi connectivity index (χ0) is 20.1. The van der Waals surface area contributed by atoms with Crippen LogP contribution in [-0.4, -0.2) is 22.9 Å². The Morgan fingerprint density at radius 3 is 2.28 bits per heavy atom. The van der Waals surface area contributed by atoms with Crippen molar-refractivity contribution in [1.29, 1.82) is 0 Å². The maximum atomic E-state index is 12.4. The predicted molar refractivity (Wildman–Crippen MR) is 112 cm³/mol. The molecule has 0 fully saturated rings. The monoisotopic (exact) mass is 382 g/mol. The fraction of sp³-hybridized carbons (Fsp3) is 0.0417. The molecule has 4 aromatic rings. The average molecular weight is 382 g/mol. The molecule has 1 aromatic heterocycles. The van der Waals surface area contributed by atoms with Crippen LogP contribution in [0.1, 0.15) is 15.9 Å². The van der Waals surface area contributed by atoms with Crippen molar-refractivity contribution in [3.63, 3.8) is 0 Å². The van der Waals surface area contributed by atoms with Crippen LogP contribution in [0.3, 0.4) is 0 Å². The standard InChI is InChI=1S/C24H18N2O3/c1-28-19-11-6-17(7-12-19)8-15-23(27)18-9-13-20(14-10-18)29-24-16-25-21-4-2-3-5-22(21)26-24/h2-16H,1H3/b15-8+. The second kappa shape index (κ2) is 8.35. The van der Waals surface area contributed by atoms with Crippen LogP contribution in [0.4, 0.5) is 0 Å². The van der Waals surface area contributed by atoms with E-state index in [-0.39, 0.29) is 5.78 Å². The van der Waals surface area contributed by atoms with Gasteiger partial charge in [-0.3, -0.25) is 4.79 Å². The molecule has 29 heavy (non-hydrogen) atoms. The number of hydrogen-bond donors (Lipinski definition) is 0. The van der Waals surface area contributed by atoms with E-state index in [4.69, 9.17) is 9.47 Å². The number of nitrogens with zero attached hydrogens (tertiary/aromatic N) is 2. The highest BCUT2D eigenvalue weighted by molar-refractivity contribution is 6.06. The van der Waals surface area contributed by atoms with E-state index in [0.717, 1.165) is 22.3 Å². The Kier molecular flexibility index (Phi) is 5.29. The van der Waals surface area contributed by atoms with E-state index in [1.807, 2.05) is 48.5 Å². The van der Waals surface area contributed by atoms with E-state index in [1.165, 1.54) is 0 Å². The number of methoxy groups -OCH3 is 1. The molecule has 1 heterocycles. The van der Waals surface area contributed by atoms with E-state index < -0.39 is 0 Å². The topological polar surface area (TPSA) is 61.3 Å². The Morgan fingerprint density at radius 1 is 0.862 bits per heavy atom.